The van der Waals surface area contributed by atoms with Crippen LogP contribution in [-0.4, -0.2) is 54.1 Å². The molecule has 4 heterocycles. The highest BCUT2D eigenvalue weighted by Gasteiger charge is 2.32. The summed E-state index contributed by atoms with van der Waals surface area (Å²) in [5.74, 6) is 1.05. The van der Waals surface area contributed by atoms with Crippen LogP contribution < -0.4 is 15.4 Å². The number of anilines is 1. The minimum atomic E-state index is -0.147. The summed E-state index contributed by atoms with van der Waals surface area (Å²) in [7, 11) is 1.61. The average Bonchev–Trinajstić information content (AvgIpc) is 3.40. The molecular weight excluding hydrogens is 408 g/mol. The van der Waals surface area contributed by atoms with Gasteiger partial charge in [0.2, 0.25) is 17.7 Å². The quantitative estimate of drug-likeness (QED) is 0.441. The monoisotopic (exact) mass is 434 g/mol. The summed E-state index contributed by atoms with van der Waals surface area (Å²) >= 11 is 0. The molecule has 5 rings (SSSR count). The number of aromatic nitrogens is 6. The molecule has 1 aliphatic carbocycles. The van der Waals surface area contributed by atoms with Crippen LogP contribution in [0.3, 0.4) is 0 Å². The molecule has 1 amide bonds. The number of H-pyrrole nitrogens is 1. The summed E-state index contributed by atoms with van der Waals surface area (Å²) in [5.41, 5.74) is 3.23. The van der Waals surface area contributed by atoms with E-state index in [-0.39, 0.29) is 17.5 Å². The molecule has 0 atom stereocenters. The number of aromatic amines is 1. The Bertz CT molecular complexity index is 1290. The predicted molar refractivity (Wildman–Crippen MR) is 121 cm³/mol. The summed E-state index contributed by atoms with van der Waals surface area (Å²) in [6.07, 6.45) is 9.01. The van der Waals surface area contributed by atoms with Crippen molar-refractivity contribution in [1.82, 2.24) is 34.9 Å². The first-order valence-corrected chi connectivity index (χ1v) is 10.7. The summed E-state index contributed by atoms with van der Waals surface area (Å²) in [5, 5.41) is 11.6. The molecule has 0 bridgehead atoms. The number of nitrogens with zero attached hydrogens (tertiary/aromatic N) is 5. The maximum absolute atomic E-state index is 11.5. The number of carbonyl (C=O) groups is 1. The van der Waals surface area contributed by atoms with E-state index in [0.717, 1.165) is 47.8 Å². The van der Waals surface area contributed by atoms with E-state index in [9.17, 15) is 4.79 Å². The van der Waals surface area contributed by atoms with Gasteiger partial charge in [-0.15, -0.1) is 0 Å². The third-order valence-electron chi connectivity index (χ3n) is 6.18. The zero-order chi connectivity index (χ0) is 22.3. The van der Waals surface area contributed by atoms with Crippen LogP contribution >= 0.6 is 0 Å². The van der Waals surface area contributed by atoms with Crippen LogP contribution in [0, 0.1) is 0 Å². The molecule has 0 aromatic carbocycles. The van der Waals surface area contributed by atoms with Crippen molar-refractivity contribution in [3.8, 4) is 17.0 Å². The van der Waals surface area contributed by atoms with Crippen molar-refractivity contribution in [2.45, 2.75) is 51.1 Å². The molecule has 0 saturated heterocycles. The van der Waals surface area contributed by atoms with E-state index in [2.05, 4.69) is 37.6 Å². The Balaban J connectivity index is 1.40. The van der Waals surface area contributed by atoms with Crippen LogP contribution in [0.15, 0.2) is 30.9 Å². The number of ether oxygens (including phenoxy) is 1. The van der Waals surface area contributed by atoms with Crippen molar-refractivity contribution in [1.29, 1.82) is 0 Å². The van der Waals surface area contributed by atoms with Crippen LogP contribution in [-0.2, 0) is 4.79 Å². The van der Waals surface area contributed by atoms with Gasteiger partial charge in [-0.25, -0.2) is 9.50 Å². The molecule has 10 nitrogen and oxygen atoms in total. The molecule has 0 spiro atoms. The van der Waals surface area contributed by atoms with E-state index in [1.165, 1.54) is 6.33 Å². The molecule has 166 valence electrons. The SMILES string of the molecule is COc1nc(NC2CCC(C)(NC(C)=O)CC2)nc2[nH]cc(-c3ccc4ncnn4c3)c12. The van der Waals surface area contributed by atoms with Crippen molar-refractivity contribution in [3.05, 3.63) is 30.9 Å². The number of hydrogen-bond acceptors (Lipinski definition) is 7. The van der Waals surface area contributed by atoms with Crippen molar-refractivity contribution >= 4 is 28.5 Å². The van der Waals surface area contributed by atoms with Crippen molar-refractivity contribution in [2.75, 3.05) is 12.4 Å². The second kappa shape index (κ2) is 7.77. The fourth-order valence-corrected chi connectivity index (χ4v) is 4.55. The van der Waals surface area contributed by atoms with Gasteiger partial charge in [0.25, 0.3) is 0 Å². The van der Waals surface area contributed by atoms with Gasteiger partial charge >= 0.3 is 0 Å². The Hall–Kier alpha value is -3.69. The Morgan fingerprint density at radius 2 is 2.09 bits per heavy atom. The van der Waals surface area contributed by atoms with Crippen LogP contribution in [0.4, 0.5) is 5.95 Å². The molecule has 32 heavy (non-hydrogen) atoms. The van der Waals surface area contributed by atoms with Crippen molar-refractivity contribution in [2.24, 2.45) is 0 Å². The Kier molecular flexibility index (Phi) is 4.91. The standard InChI is InChI=1S/C22H26N8O2/c1-13(31)29-22(2)8-6-15(7-9-22)26-21-27-19-18(20(28-21)32-3)16(10-23-19)14-4-5-17-24-12-25-30(17)11-14/h4-5,10-12,15H,6-9H2,1-3H3,(H,29,31)(H2,23,26,27,28). The first-order chi connectivity index (χ1) is 15.4. The zero-order valence-electron chi connectivity index (χ0n) is 18.3. The lowest BCUT2D eigenvalue weighted by Gasteiger charge is -2.38. The molecule has 4 aromatic heterocycles. The normalized spacial score (nSPS) is 21.0. The first kappa shape index (κ1) is 20.2. The Morgan fingerprint density at radius 3 is 2.84 bits per heavy atom. The van der Waals surface area contributed by atoms with Crippen LogP contribution in [0.1, 0.15) is 39.5 Å². The number of rotatable bonds is 5. The topological polar surface area (TPSA) is 122 Å². The number of methoxy groups -OCH3 is 1. The molecule has 0 aliphatic heterocycles. The lowest BCUT2D eigenvalue weighted by Crippen LogP contribution is -2.49. The van der Waals surface area contributed by atoms with E-state index in [1.807, 2.05) is 24.5 Å². The van der Waals surface area contributed by atoms with Gasteiger partial charge in [-0.05, 0) is 44.7 Å². The minimum Gasteiger partial charge on any atom is -0.480 e. The van der Waals surface area contributed by atoms with Crippen molar-refractivity contribution in [3.63, 3.8) is 0 Å². The molecule has 1 fully saturated rings. The summed E-state index contributed by atoms with van der Waals surface area (Å²) in [6.45, 7) is 3.67. The molecule has 3 N–H and O–H groups in total. The van der Waals surface area contributed by atoms with Gasteiger partial charge in [0.1, 0.15) is 12.0 Å². The van der Waals surface area contributed by atoms with Gasteiger partial charge < -0.3 is 20.4 Å². The first-order valence-electron chi connectivity index (χ1n) is 10.7. The molecule has 1 saturated carbocycles. The van der Waals surface area contributed by atoms with Crippen LogP contribution in [0.25, 0.3) is 27.8 Å². The largest absolute Gasteiger partial charge is 0.480 e. The Labute approximate surface area is 184 Å². The van der Waals surface area contributed by atoms with Crippen molar-refractivity contribution < 1.29 is 9.53 Å². The fraction of sp³-hybridized carbons (Fsp3) is 0.409. The van der Waals surface area contributed by atoms with Crippen LogP contribution in [0.5, 0.6) is 5.88 Å². The number of pyridine rings is 1. The fourth-order valence-electron chi connectivity index (χ4n) is 4.55. The van der Waals surface area contributed by atoms with Gasteiger partial charge in [0.15, 0.2) is 5.65 Å². The van der Waals surface area contributed by atoms with Gasteiger partial charge in [-0.2, -0.15) is 15.1 Å². The molecule has 10 heteroatoms. The van der Waals surface area contributed by atoms with E-state index in [0.29, 0.717) is 17.5 Å². The second-order valence-corrected chi connectivity index (χ2v) is 8.62. The van der Waals surface area contributed by atoms with E-state index < -0.39 is 0 Å². The highest BCUT2D eigenvalue weighted by molar-refractivity contribution is 5.97. The van der Waals surface area contributed by atoms with Gasteiger partial charge in [0, 0.05) is 42.0 Å². The number of nitrogens with one attached hydrogen (secondary N) is 3. The van der Waals surface area contributed by atoms with Gasteiger partial charge in [-0.3, -0.25) is 4.79 Å². The number of amides is 1. The maximum atomic E-state index is 11.5. The lowest BCUT2D eigenvalue weighted by atomic mass is 9.81. The molecule has 0 unspecified atom stereocenters. The minimum absolute atomic E-state index is 0.0166. The average molecular weight is 435 g/mol. The third kappa shape index (κ3) is 3.72. The van der Waals surface area contributed by atoms with E-state index in [4.69, 9.17) is 9.72 Å². The lowest BCUT2D eigenvalue weighted by molar-refractivity contribution is -0.121. The molecule has 4 aromatic rings. The summed E-state index contributed by atoms with van der Waals surface area (Å²) in [6, 6.07) is 4.15. The maximum Gasteiger partial charge on any atom is 0.228 e. The number of carbonyl (C=O) groups excluding carboxylic acids is 1. The van der Waals surface area contributed by atoms with Gasteiger partial charge in [0.05, 0.1) is 12.5 Å². The highest BCUT2D eigenvalue weighted by Crippen LogP contribution is 2.35. The van der Waals surface area contributed by atoms with Crippen LogP contribution in [0.2, 0.25) is 0 Å². The Morgan fingerprint density at radius 1 is 1.28 bits per heavy atom. The zero-order valence-corrected chi connectivity index (χ0v) is 18.3. The molecule has 0 radical (unpaired) electrons. The molecule has 1 aliphatic rings. The predicted octanol–water partition coefficient (Wildman–Crippen LogP) is 2.93. The van der Waals surface area contributed by atoms with E-state index >= 15 is 0 Å². The van der Waals surface area contributed by atoms with Gasteiger partial charge in [-0.1, -0.05) is 0 Å². The smallest absolute Gasteiger partial charge is 0.228 e. The highest BCUT2D eigenvalue weighted by atomic mass is 16.5. The number of fused-ring (bicyclic) bond motifs is 2. The number of hydrogen-bond donors (Lipinski definition) is 3. The summed E-state index contributed by atoms with van der Waals surface area (Å²) in [4.78, 5) is 28.3. The summed E-state index contributed by atoms with van der Waals surface area (Å²) < 4.78 is 7.37. The molecular formula is C22H26N8O2. The second-order valence-electron chi connectivity index (χ2n) is 8.62. The van der Waals surface area contributed by atoms with E-state index in [1.54, 1.807) is 18.5 Å². The third-order valence-corrected chi connectivity index (χ3v) is 6.18.